The third-order valence-corrected chi connectivity index (χ3v) is 5.11. The molecule has 1 atom stereocenters. The third-order valence-electron chi connectivity index (χ3n) is 5.11. The lowest BCUT2D eigenvalue weighted by Gasteiger charge is -2.34. The zero-order valence-corrected chi connectivity index (χ0v) is 15.0. The van der Waals surface area contributed by atoms with Crippen molar-refractivity contribution >= 4 is 0 Å². The molecule has 1 unspecified atom stereocenters. The van der Waals surface area contributed by atoms with E-state index in [1.165, 1.54) is 35.4 Å². The molecule has 0 amide bonds. The van der Waals surface area contributed by atoms with Crippen molar-refractivity contribution in [3.63, 3.8) is 0 Å². The minimum absolute atomic E-state index is 0.120. The highest BCUT2D eigenvalue weighted by molar-refractivity contribution is 5.70. The maximum Gasteiger partial charge on any atom is 0.0490 e. The van der Waals surface area contributed by atoms with Crippen molar-refractivity contribution in [1.29, 1.82) is 0 Å². The van der Waals surface area contributed by atoms with Crippen LogP contribution in [0.2, 0.25) is 0 Å². The van der Waals surface area contributed by atoms with Crippen molar-refractivity contribution in [2.75, 3.05) is 0 Å². The van der Waals surface area contributed by atoms with E-state index < -0.39 is 0 Å². The molecule has 0 radical (unpaired) electrons. The van der Waals surface area contributed by atoms with Crippen LogP contribution >= 0.6 is 0 Å². The first kappa shape index (κ1) is 16.6. The van der Waals surface area contributed by atoms with Crippen LogP contribution in [-0.2, 0) is 5.54 Å². The number of hydrogen-bond donors (Lipinski definition) is 0. The maximum absolute atomic E-state index is 2.57. The summed E-state index contributed by atoms with van der Waals surface area (Å²) in [7, 11) is 0. The standard InChI is InChI=1S/C23H27N/c1-4-18-23(3,5-2)24-21(19-12-8-6-9-13-19)16-17-22(24)20-14-10-7-11-15-20/h6-17H,4-5,18H2,1-3H3. The van der Waals surface area contributed by atoms with Crippen LogP contribution in [0.15, 0.2) is 72.8 Å². The van der Waals surface area contributed by atoms with Gasteiger partial charge in [0, 0.05) is 16.9 Å². The molecule has 0 bridgehead atoms. The molecule has 1 heterocycles. The van der Waals surface area contributed by atoms with E-state index in [-0.39, 0.29) is 5.54 Å². The monoisotopic (exact) mass is 317 g/mol. The first-order chi connectivity index (χ1) is 11.7. The summed E-state index contributed by atoms with van der Waals surface area (Å²) < 4.78 is 2.57. The zero-order chi connectivity index (χ0) is 17.0. The van der Waals surface area contributed by atoms with E-state index in [2.05, 4.69) is 98.1 Å². The highest BCUT2D eigenvalue weighted by atomic mass is 15.1. The van der Waals surface area contributed by atoms with Gasteiger partial charge in [-0.3, -0.25) is 0 Å². The predicted molar refractivity (Wildman–Crippen MR) is 104 cm³/mol. The second-order valence-electron chi connectivity index (χ2n) is 6.77. The molecule has 0 aliphatic carbocycles. The van der Waals surface area contributed by atoms with E-state index in [9.17, 15) is 0 Å². The molecule has 2 aromatic carbocycles. The lowest BCUT2D eigenvalue weighted by Crippen LogP contribution is -2.30. The SMILES string of the molecule is CCCC(C)(CC)n1c(-c2ccccc2)ccc1-c1ccccc1. The van der Waals surface area contributed by atoms with Crippen LogP contribution < -0.4 is 0 Å². The Bertz CT molecular complexity index is 713. The predicted octanol–water partition coefficient (Wildman–Crippen LogP) is 6.75. The maximum atomic E-state index is 2.57. The molecule has 0 aliphatic heterocycles. The summed E-state index contributed by atoms with van der Waals surface area (Å²) in [5, 5.41) is 0. The lowest BCUT2D eigenvalue weighted by atomic mass is 9.91. The molecule has 1 nitrogen and oxygen atoms in total. The van der Waals surface area contributed by atoms with Crippen LogP contribution in [0.1, 0.15) is 40.0 Å². The van der Waals surface area contributed by atoms with Gasteiger partial charge in [0.25, 0.3) is 0 Å². The average Bonchev–Trinajstić information content (AvgIpc) is 3.09. The molecule has 0 saturated carbocycles. The molecule has 0 aliphatic rings. The second-order valence-corrected chi connectivity index (χ2v) is 6.77. The van der Waals surface area contributed by atoms with Gasteiger partial charge in [0.15, 0.2) is 0 Å². The molecule has 1 aromatic heterocycles. The lowest BCUT2D eigenvalue weighted by molar-refractivity contribution is 0.286. The Labute approximate surface area is 146 Å². The highest BCUT2D eigenvalue weighted by Crippen LogP contribution is 2.38. The Kier molecular flexibility index (Phi) is 4.89. The smallest absolute Gasteiger partial charge is 0.0490 e. The van der Waals surface area contributed by atoms with Gasteiger partial charge in [-0.1, -0.05) is 80.9 Å². The third kappa shape index (κ3) is 3.03. The van der Waals surface area contributed by atoms with E-state index in [4.69, 9.17) is 0 Å². The molecule has 0 saturated heterocycles. The number of rotatable bonds is 6. The summed E-state index contributed by atoms with van der Waals surface area (Å²) >= 11 is 0. The van der Waals surface area contributed by atoms with Crippen LogP contribution in [-0.4, -0.2) is 4.57 Å². The number of aromatic nitrogens is 1. The molecule has 3 aromatic rings. The average molecular weight is 317 g/mol. The molecule has 0 spiro atoms. The number of benzene rings is 2. The number of hydrogen-bond acceptors (Lipinski definition) is 0. The largest absolute Gasteiger partial charge is 0.335 e. The fourth-order valence-electron chi connectivity index (χ4n) is 3.67. The minimum atomic E-state index is 0.120. The van der Waals surface area contributed by atoms with Crippen LogP contribution in [0.4, 0.5) is 0 Å². The fraction of sp³-hybridized carbons (Fsp3) is 0.304. The summed E-state index contributed by atoms with van der Waals surface area (Å²) in [6.45, 7) is 6.98. The van der Waals surface area contributed by atoms with Crippen molar-refractivity contribution in [1.82, 2.24) is 4.57 Å². The molecule has 24 heavy (non-hydrogen) atoms. The Morgan fingerprint density at radius 2 is 1.17 bits per heavy atom. The molecular weight excluding hydrogens is 290 g/mol. The van der Waals surface area contributed by atoms with E-state index in [0.717, 1.165) is 6.42 Å². The molecular formula is C23H27N. The normalized spacial score (nSPS) is 13.6. The van der Waals surface area contributed by atoms with Crippen molar-refractivity contribution in [2.45, 2.75) is 45.6 Å². The van der Waals surface area contributed by atoms with E-state index in [1.807, 2.05) is 0 Å². The molecule has 0 N–H and O–H groups in total. The van der Waals surface area contributed by atoms with E-state index >= 15 is 0 Å². The minimum Gasteiger partial charge on any atom is -0.335 e. The highest BCUT2D eigenvalue weighted by Gasteiger charge is 2.28. The van der Waals surface area contributed by atoms with Gasteiger partial charge in [0.2, 0.25) is 0 Å². The summed E-state index contributed by atoms with van der Waals surface area (Å²) in [6, 6.07) is 26.1. The van der Waals surface area contributed by atoms with E-state index in [0.29, 0.717) is 0 Å². The van der Waals surface area contributed by atoms with Crippen molar-refractivity contribution in [2.24, 2.45) is 0 Å². The quantitative estimate of drug-likeness (QED) is 0.474. The van der Waals surface area contributed by atoms with E-state index in [1.54, 1.807) is 0 Å². The van der Waals surface area contributed by atoms with Gasteiger partial charge in [-0.25, -0.2) is 0 Å². The molecule has 124 valence electrons. The van der Waals surface area contributed by atoms with Crippen molar-refractivity contribution < 1.29 is 0 Å². The molecule has 3 rings (SSSR count). The van der Waals surface area contributed by atoms with Crippen LogP contribution in [0.3, 0.4) is 0 Å². The summed E-state index contributed by atoms with van der Waals surface area (Å²) in [4.78, 5) is 0. The topological polar surface area (TPSA) is 4.93 Å². The Morgan fingerprint density at radius 3 is 1.54 bits per heavy atom. The first-order valence-electron chi connectivity index (χ1n) is 9.02. The summed E-state index contributed by atoms with van der Waals surface area (Å²) in [5.41, 5.74) is 5.32. The second kappa shape index (κ2) is 7.09. The van der Waals surface area contributed by atoms with Gasteiger partial charge in [-0.15, -0.1) is 0 Å². The van der Waals surface area contributed by atoms with Crippen molar-refractivity contribution in [3.05, 3.63) is 72.8 Å². The molecule has 0 fully saturated rings. The summed E-state index contributed by atoms with van der Waals surface area (Å²) in [6.07, 6.45) is 3.48. The van der Waals surface area contributed by atoms with Gasteiger partial charge in [-0.05, 0) is 43.0 Å². The van der Waals surface area contributed by atoms with Crippen LogP contribution in [0, 0.1) is 0 Å². The first-order valence-corrected chi connectivity index (χ1v) is 9.02. The zero-order valence-electron chi connectivity index (χ0n) is 15.0. The van der Waals surface area contributed by atoms with Gasteiger partial charge in [0.05, 0.1) is 0 Å². The van der Waals surface area contributed by atoms with Gasteiger partial charge in [0.1, 0.15) is 0 Å². The van der Waals surface area contributed by atoms with Crippen LogP contribution in [0.25, 0.3) is 22.5 Å². The Morgan fingerprint density at radius 1 is 0.708 bits per heavy atom. The molecule has 1 heteroatoms. The van der Waals surface area contributed by atoms with Gasteiger partial charge in [-0.2, -0.15) is 0 Å². The number of nitrogens with zero attached hydrogens (tertiary/aromatic N) is 1. The fourth-order valence-corrected chi connectivity index (χ4v) is 3.67. The van der Waals surface area contributed by atoms with Crippen LogP contribution in [0.5, 0.6) is 0 Å². The Balaban J connectivity index is 2.23. The summed E-state index contributed by atoms with van der Waals surface area (Å²) in [5.74, 6) is 0. The van der Waals surface area contributed by atoms with Crippen molar-refractivity contribution in [3.8, 4) is 22.5 Å². The van der Waals surface area contributed by atoms with Gasteiger partial charge < -0.3 is 4.57 Å². The Hall–Kier alpha value is -2.28. The van der Waals surface area contributed by atoms with Gasteiger partial charge >= 0.3 is 0 Å².